The number of para-hydroxylation sites is 1. The molecule has 0 saturated heterocycles. The molecule has 0 spiro atoms. The van der Waals surface area contributed by atoms with Gasteiger partial charge in [0.25, 0.3) is 5.91 Å². The first-order valence-electron chi connectivity index (χ1n) is 10.0. The number of amides is 1. The van der Waals surface area contributed by atoms with Crippen molar-refractivity contribution in [1.82, 2.24) is 24.0 Å². The number of rotatable bonds is 7. The van der Waals surface area contributed by atoms with Crippen LogP contribution in [0.1, 0.15) is 15.9 Å². The zero-order chi connectivity index (χ0) is 23.6. The Morgan fingerprint density at radius 3 is 2.33 bits per heavy atom. The number of benzene rings is 2. The smallest absolute Gasteiger partial charge is 0.256 e. The Hall–Kier alpha value is -3.76. The van der Waals surface area contributed by atoms with E-state index in [1.807, 2.05) is 0 Å². The maximum absolute atomic E-state index is 14.4. The first-order valence-corrected chi connectivity index (χ1v) is 11.5. The van der Waals surface area contributed by atoms with Crippen LogP contribution in [0.15, 0.2) is 84.1 Å². The SMILES string of the molecule is CN(C)S(=O)(=O)c1ccc(CNC(=O)c2cnn(-c3ccccc3F)c2-n2cccc2)cc1. The van der Waals surface area contributed by atoms with Crippen LogP contribution >= 0.6 is 0 Å². The van der Waals surface area contributed by atoms with E-state index in [0.717, 1.165) is 9.87 Å². The van der Waals surface area contributed by atoms with Crippen LogP contribution in [0, 0.1) is 5.82 Å². The predicted molar refractivity (Wildman–Crippen MR) is 121 cm³/mol. The minimum atomic E-state index is -3.52. The van der Waals surface area contributed by atoms with Crippen molar-refractivity contribution >= 4 is 15.9 Å². The molecule has 33 heavy (non-hydrogen) atoms. The van der Waals surface area contributed by atoms with Gasteiger partial charge in [-0.05, 0) is 42.0 Å². The van der Waals surface area contributed by atoms with Gasteiger partial charge in [0.05, 0.1) is 11.1 Å². The summed E-state index contributed by atoms with van der Waals surface area (Å²) in [5, 5.41) is 7.08. The van der Waals surface area contributed by atoms with Gasteiger partial charge in [-0.1, -0.05) is 24.3 Å². The molecule has 10 heteroatoms. The lowest BCUT2D eigenvalue weighted by atomic mass is 10.2. The molecule has 0 saturated carbocycles. The number of hydrogen-bond acceptors (Lipinski definition) is 4. The van der Waals surface area contributed by atoms with Crippen molar-refractivity contribution in [1.29, 1.82) is 0 Å². The van der Waals surface area contributed by atoms with E-state index < -0.39 is 21.7 Å². The summed E-state index contributed by atoms with van der Waals surface area (Å²) in [4.78, 5) is 13.2. The highest BCUT2D eigenvalue weighted by Gasteiger charge is 2.21. The Labute approximate surface area is 190 Å². The number of halogens is 1. The van der Waals surface area contributed by atoms with E-state index in [9.17, 15) is 17.6 Å². The van der Waals surface area contributed by atoms with E-state index in [0.29, 0.717) is 5.82 Å². The topological polar surface area (TPSA) is 89.2 Å². The van der Waals surface area contributed by atoms with E-state index >= 15 is 0 Å². The molecule has 2 aromatic heterocycles. The highest BCUT2D eigenvalue weighted by Crippen LogP contribution is 2.22. The van der Waals surface area contributed by atoms with Crippen LogP contribution in [0.5, 0.6) is 0 Å². The average molecular weight is 468 g/mol. The largest absolute Gasteiger partial charge is 0.348 e. The summed E-state index contributed by atoms with van der Waals surface area (Å²) in [6, 6.07) is 16.1. The van der Waals surface area contributed by atoms with Crippen molar-refractivity contribution in [2.24, 2.45) is 0 Å². The van der Waals surface area contributed by atoms with Crippen molar-refractivity contribution in [2.45, 2.75) is 11.4 Å². The molecule has 4 aromatic rings. The van der Waals surface area contributed by atoms with Crippen molar-refractivity contribution in [3.63, 3.8) is 0 Å². The third-order valence-electron chi connectivity index (χ3n) is 5.07. The summed E-state index contributed by atoms with van der Waals surface area (Å²) in [5.74, 6) is -0.463. The molecule has 0 unspecified atom stereocenters. The van der Waals surface area contributed by atoms with Gasteiger partial charge in [0.1, 0.15) is 17.1 Å². The molecule has 0 aliphatic carbocycles. The van der Waals surface area contributed by atoms with Crippen molar-refractivity contribution < 1.29 is 17.6 Å². The van der Waals surface area contributed by atoms with E-state index in [2.05, 4.69) is 10.4 Å². The van der Waals surface area contributed by atoms with Crippen LogP contribution in [0.2, 0.25) is 0 Å². The first kappa shape index (κ1) is 22.4. The van der Waals surface area contributed by atoms with Gasteiger partial charge in [0.15, 0.2) is 5.82 Å². The van der Waals surface area contributed by atoms with Crippen molar-refractivity contribution in [3.8, 4) is 11.5 Å². The third-order valence-corrected chi connectivity index (χ3v) is 6.90. The quantitative estimate of drug-likeness (QED) is 0.453. The fraction of sp³-hybridized carbons (Fsp3) is 0.130. The summed E-state index contributed by atoms with van der Waals surface area (Å²) < 4.78 is 43.0. The molecule has 0 bridgehead atoms. The van der Waals surface area contributed by atoms with Crippen LogP contribution in [-0.2, 0) is 16.6 Å². The second-order valence-electron chi connectivity index (χ2n) is 7.45. The number of carbonyl (C=O) groups excluding carboxylic acids is 1. The molecule has 2 aromatic carbocycles. The van der Waals surface area contributed by atoms with Crippen LogP contribution in [0.4, 0.5) is 4.39 Å². The predicted octanol–water partition coefficient (Wildman–Crippen LogP) is 2.98. The lowest BCUT2D eigenvalue weighted by molar-refractivity contribution is 0.0951. The van der Waals surface area contributed by atoms with Gasteiger partial charge in [0, 0.05) is 33.0 Å². The van der Waals surface area contributed by atoms with Gasteiger partial charge < -0.3 is 9.88 Å². The molecule has 4 rings (SSSR count). The number of sulfonamides is 1. The summed E-state index contributed by atoms with van der Waals surface area (Å²) >= 11 is 0. The molecule has 0 aliphatic rings. The van der Waals surface area contributed by atoms with E-state index in [1.165, 1.54) is 43.2 Å². The first-order chi connectivity index (χ1) is 15.8. The molecule has 0 atom stereocenters. The zero-order valence-electron chi connectivity index (χ0n) is 18.0. The Bertz CT molecular complexity index is 1380. The Kier molecular flexibility index (Phi) is 6.12. The molecule has 0 radical (unpaired) electrons. The highest BCUT2D eigenvalue weighted by atomic mass is 32.2. The number of nitrogens with zero attached hydrogens (tertiary/aromatic N) is 4. The van der Waals surface area contributed by atoms with Gasteiger partial charge in [-0.2, -0.15) is 5.10 Å². The molecule has 2 heterocycles. The van der Waals surface area contributed by atoms with Crippen LogP contribution < -0.4 is 5.32 Å². The van der Waals surface area contributed by atoms with Gasteiger partial charge >= 0.3 is 0 Å². The number of hydrogen-bond donors (Lipinski definition) is 1. The molecule has 1 amide bonds. The zero-order valence-corrected chi connectivity index (χ0v) is 18.8. The minimum absolute atomic E-state index is 0.170. The van der Waals surface area contributed by atoms with Gasteiger partial charge in [-0.25, -0.2) is 21.8 Å². The normalized spacial score (nSPS) is 11.6. The van der Waals surface area contributed by atoms with Gasteiger partial charge in [-0.3, -0.25) is 4.79 Å². The Morgan fingerprint density at radius 1 is 1.03 bits per heavy atom. The maximum Gasteiger partial charge on any atom is 0.256 e. The molecule has 1 N–H and O–H groups in total. The summed E-state index contributed by atoms with van der Waals surface area (Å²) in [6.45, 7) is 0.178. The molecule has 0 aliphatic heterocycles. The minimum Gasteiger partial charge on any atom is -0.348 e. The number of aromatic nitrogens is 3. The van der Waals surface area contributed by atoms with E-state index in [-0.39, 0.29) is 22.7 Å². The Balaban J connectivity index is 1.59. The fourth-order valence-electron chi connectivity index (χ4n) is 3.29. The maximum atomic E-state index is 14.4. The summed E-state index contributed by atoms with van der Waals surface area (Å²) in [6.07, 6.45) is 4.88. The fourth-order valence-corrected chi connectivity index (χ4v) is 4.20. The summed E-state index contributed by atoms with van der Waals surface area (Å²) in [7, 11) is -0.593. The van der Waals surface area contributed by atoms with E-state index in [1.54, 1.807) is 59.4 Å². The monoisotopic (exact) mass is 467 g/mol. The number of nitrogens with one attached hydrogen (secondary N) is 1. The Morgan fingerprint density at radius 2 is 1.70 bits per heavy atom. The van der Waals surface area contributed by atoms with Gasteiger partial charge in [0.2, 0.25) is 10.0 Å². The second kappa shape index (κ2) is 9.00. The lowest BCUT2D eigenvalue weighted by Gasteiger charge is -2.13. The van der Waals surface area contributed by atoms with Crippen molar-refractivity contribution in [3.05, 3.63) is 96.2 Å². The van der Waals surface area contributed by atoms with E-state index in [4.69, 9.17) is 0 Å². The number of carbonyl (C=O) groups is 1. The van der Waals surface area contributed by atoms with Crippen LogP contribution in [0.25, 0.3) is 11.5 Å². The summed E-state index contributed by atoms with van der Waals surface area (Å²) in [5.41, 5.74) is 1.21. The molecule has 0 fully saturated rings. The molecule has 170 valence electrons. The van der Waals surface area contributed by atoms with Crippen LogP contribution in [-0.4, -0.2) is 47.1 Å². The lowest BCUT2D eigenvalue weighted by Crippen LogP contribution is -2.24. The highest BCUT2D eigenvalue weighted by molar-refractivity contribution is 7.89. The second-order valence-corrected chi connectivity index (χ2v) is 9.60. The standard InChI is InChI=1S/C23H22FN5O3S/c1-27(2)33(31,32)18-11-9-17(10-12-18)15-25-22(30)19-16-26-29(21-8-4-3-7-20(21)24)23(19)28-13-5-6-14-28/h3-14,16H,15H2,1-2H3,(H,25,30). The van der Waals surface area contributed by atoms with Crippen molar-refractivity contribution in [2.75, 3.05) is 14.1 Å². The van der Waals surface area contributed by atoms with Gasteiger partial charge in [-0.15, -0.1) is 0 Å². The molecular weight excluding hydrogens is 445 g/mol. The molecular formula is C23H22FN5O3S. The molecule has 8 nitrogen and oxygen atoms in total. The van der Waals surface area contributed by atoms with Crippen LogP contribution in [0.3, 0.4) is 0 Å². The average Bonchev–Trinajstić information content (AvgIpc) is 3.48. The third kappa shape index (κ3) is 4.43.